The summed E-state index contributed by atoms with van der Waals surface area (Å²) in [6, 6.07) is 2.07. The molecule has 0 aliphatic carbocycles. The molecule has 0 aliphatic heterocycles. The average Bonchev–Trinajstić information content (AvgIpc) is 2.58. The van der Waals surface area contributed by atoms with Gasteiger partial charge in [0.25, 0.3) is 0 Å². The van der Waals surface area contributed by atoms with E-state index in [2.05, 4.69) is 0 Å². The predicted octanol–water partition coefficient (Wildman–Crippen LogP) is 1.67. The lowest BCUT2D eigenvalue weighted by Gasteiger charge is -2.20. The summed E-state index contributed by atoms with van der Waals surface area (Å²) in [5.74, 6) is -2.82. The van der Waals surface area contributed by atoms with E-state index in [1.54, 1.807) is 20.8 Å². The van der Waals surface area contributed by atoms with E-state index in [4.69, 9.17) is 14.9 Å². The first-order valence-electron chi connectivity index (χ1n) is 5.05. The van der Waals surface area contributed by atoms with Crippen molar-refractivity contribution in [3.8, 4) is 0 Å². The summed E-state index contributed by atoms with van der Waals surface area (Å²) in [6.45, 7) is 4.78. The van der Waals surface area contributed by atoms with Gasteiger partial charge < -0.3 is 14.9 Å². The smallest absolute Gasteiger partial charge is 0.419 e. The molecule has 0 amide bonds. The number of aromatic carboxylic acids is 2. The van der Waals surface area contributed by atoms with E-state index in [1.807, 2.05) is 0 Å². The molecule has 0 atom stereocenters. The van der Waals surface area contributed by atoms with Crippen LogP contribution >= 0.6 is 0 Å². The van der Waals surface area contributed by atoms with Crippen LogP contribution in [0.4, 0.5) is 4.79 Å². The Morgan fingerprint density at radius 3 is 1.72 bits per heavy atom. The first kappa shape index (κ1) is 13.8. The number of nitrogens with zero attached hydrogens (tertiary/aromatic N) is 1. The summed E-state index contributed by atoms with van der Waals surface area (Å²) >= 11 is 0. The number of carboxylic acid groups (broad SMARTS) is 2. The first-order valence-corrected chi connectivity index (χ1v) is 5.05. The Kier molecular flexibility index (Phi) is 3.45. The minimum atomic E-state index is -1.41. The molecular formula is C11H13NO6. The number of carbonyl (C=O) groups is 3. The van der Waals surface area contributed by atoms with Crippen LogP contribution in [0, 0.1) is 0 Å². The van der Waals surface area contributed by atoms with Crippen molar-refractivity contribution in [2.75, 3.05) is 0 Å². The Hall–Kier alpha value is -2.31. The molecule has 0 saturated heterocycles. The second-order valence-electron chi connectivity index (χ2n) is 4.53. The fourth-order valence-corrected chi connectivity index (χ4v) is 1.27. The van der Waals surface area contributed by atoms with E-state index >= 15 is 0 Å². The maximum absolute atomic E-state index is 11.8. The monoisotopic (exact) mass is 255 g/mol. The maximum atomic E-state index is 11.8. The quantitative estimate of drug-likeness (QED) is 0.832. The summed E-state index contributed by atoms with van der Waals surface area (Å²) < 4.78 is 5.48. The van der Waals surface area contributed by atoms with Crippen molar-refractivity contribution >= 4 is 18.0 Å². The molecule has 1 heterocycles. The van der Waals surface area contributed by atoms with Gasteiger partial charge in [0.05, 0.1) is 0 Å². The van der Waals surface area contributed by atoms with E-state index in [9.17, 15) is 14.4 Å². The van der Waals surface area contributed by atoms with Gasteiger partial charge >= 0.3 is 18.0 Å². The highest BCUT2D eigenvalue weighted by Crippen LogP contribution is 2.15. The molecule has 1 aromatic heterocycles. The Morgan fingerprint density at radius 2 is 1.44 bits per heavy atom. The molecular weight excluding hydrogens is 242 g/mol. The van der Waals surface area contributed by atoms with Crippen LogP contribution in [0.3, 0.4) is 0 Å². The highest BCUT2D eigenvalue weighted by atomic mass is 16.6. The molecule has 0 aliphatic rings. The van der Waals surface area contributed by atoms with E-state index in [0.29, 0.717) is 4.57 Å². The van der Waals surface area contributed by atoms with Crippen molar-refractivity contribution in [1.82, 2.24) is 4.57 Å². The van der Waals surface area contributed by atoms with Gasteiger partial charge in [-0.05, 0) is 32.9 Å². The summed E-state index contributed by atoms with van der Waals surface area (Å²) in [5.41, 5.74) is -1.77. The van der Waals surface area contributed by atoms with Crippen molar-refractivity contribution in [1.29, 1.82) is 0 Å². The molecule has 1 aromatic rings. The van der Waals surface area contributed by atoms with Gasteiger partial charge in [-0.2, -0.15) is 0 Å². The largest absolute Gasteiger partial charge is 0.477 e. The molecule has 0 fully saturated rings. The summed E-state index contributed by atoms with van der Waals surface area (Å²) in [4.78, 5) is 33.6. The van der Waals surface area contributed by atoms with Gasteiger partial charge in [0.2, 0.25) is 0 Å². The van der Waals surface area contributed by atoms with E-state index in [1.165, 1.54) is 0 Å². The molecule has 1 rings (SSSR count). The van der Waals surface area contributed by atoms with E-state index < -0.39 is 35.0 Å². The third-order valence-electron chi connectivity index (χ3n) is 1.90. The van der Waals surface area contributed by atoms with Crippen LogP contribution in [-0.2, 0) is 4.74 Å². The summed E-state index contributed by atoms with van der Waals surface area (Å²) in [5, 5.41) is 17.8. The molecule has 7 heteroatoms. The average molecular weight is 255 g/mol. The van der Waals surface area contributed by atoms with Crippen LogP contribution in [0.1, 0.15) is 41.7 Å². The minimum absolute atomic E-state index is 0.457. The number of hydrogen-bond donors (Lipinski definition) is 2. The number of ether oxygens (including phenoxy) is 1. The van der Waals surface area contributed by atoms with Crippen molar-refractivity contribution in [2.45, 2.75) is 26.4 Å². The van der Waals surface area contributed by atoms with Crippen molar-refractivity contribution in [3.63, 3.8) is 0 Å². The highest BCUT2D eigenvalue weighted by Gasteiger charge is 2.27. The molecule has 0 bridgehead atoms. The zero-order chi connectivity index (χ0) is 14.1. The van der Waals surface area contributed by atoms with E-state index in [0.717, 1.165) is 12.1 Å². The Morgan fingerprint density at radius 1 is 1.06 bits per heavy atom. The third-order valence-corrected chi connectivity index (χ3v) is 1.90. The van der Waals surface area contributed by atoms with Gasteiger partial charge in [-0.3, -0.25) is 0 Å². The number of carboxylic acids is 2. The van der Waals surface area contributed by atoms with Crippen molar-refractivity contribution < 1.29 is 29.3 Å². The van der Waals surface area contributed by atoms with Gasteiger partial charge in [-0.25, -0.2) is 19.0 Å². The fourth-order valence-electron chi connectivity index (χ4n) is 1.27. The van der Waals surface area contributed by atoms with Gasteiger partial charge in [-0.15, -0.1) is 0 Å². The molecule has 2 N–H and O–H groups in total. The molecule has 0 spiro atoms. The molecule has 0 radical (unpaired) electrons. The second kappa shape index (κ2) is 4.52. The highest BCUT2D eigenvalue weighted by molar-refractivity contribution is 5.97. The van der Waals surface area contributed by atoms with Crippen LogP contribution in [-0.4, -0.2) is 38.4 Å². The zero-order valence-corrected chi connectivity index (χ0v) is 10.1. The number of carbonyl (C=O) groups excluding carboxylic acids is 1. The van der Waals surface area contributed by atoms with Gasteiger partial charge in [0.1, 0.15) is 17.0 Å². The van der Waals surface area contributed by atoms with Crippen LogP contribution in [0.15, 0.2) is 12.1 Å². The molecule has 0 aromatic carbocycles. The Labute approximate surface area is 103 Å². The zero-order valence-electron chi connectivity index (χ0n) is 10.1. The van der Waals surface area contributed by atoms with E-state index in [-0.39, 0.29) is 0 Å². The summed E-state index contributed by atoms with van der Waals surface area (Å²) in [6.07, 6.45) is -1.04. The van der Waals surface area contributed by atoms with Gasteiger partial charge in [-0.1, -0.05) is 0 Å². The van der Waals surface area contributed by atoms with Crippen LogP contribution < -0.4 is 0 Å². The van der Waals surface area contributed by atoms with Crippen molar-refractivity contribution in [3.05, 3.63) is 23.5 Å². The minimum Gasteiger partial charge on any atom is -0.477 e. The SMILES string of the molecule is CC(C)(C)OC(=O)n1c(C(=O)O)ccc1C(=O)O. The normalized spacial score (nSPS) is 11.1. The van der Waals surface area contributed by atoms with Crippen molar-refractivity contribution in [2.24, 2.45) is 0 Å². The molecule has 0 saturated carbocycles. The molecule has 98 valence electrons. The van der Waals surface area contributed by atoms with Crippen LogP contribution in [0.5, 0.6) is 0 Å². The van der Waals surface area contributed by atoms with Gasteiger partial charge in [0, 0.05) is 0 Å². The molecule has 0 unspecified atom stereocenters. The lowest BCUT2D eigenvalue weighted by Crippen LogP contribution is -2.30. The molecule has 18 heavy (non-hydrogen) atoms. The lowest BCUT2D eigenvalue weighted by molar-refractivity contribution is 0.0481. The first-order chi connectivity index (χ1) is 8.13. The third kappa shape index (κ3) is 2.88. The van der Waals surface area contributed by atoms with Crippen LogP contribution in [0.2, 0.25) is 0 Å². The number of hydrogen-bond acceptors (Lipinski definition) is 4. The molecule has 7 nitrogen and oxygen atoms in total. The Bertz CT molecular complexity index is 477. The Balaban J connectivity index is 3.27. The lowest BCUT2D eigenvalue weighted by atomic mass is 10.2. The van der Waals surface area contributed by atoms with Gasteiger partial charge in [0.15, 0.2) is 0 Å². The number of aromatic nitrogens is 1. The standard InChI is InChI=1S/C11H13NO6/c1-11(2,3)18-10(17)12-6(8(13)14)4-5-7(12)9(15)16/h4-5H,1-3H3,(H,13,14)(H,15,16). The fraction of sp³-hybridized carbons (Fsp3) is 0.364. The maximum Gasteiger partial charge on any atom is 0.419 e. The predicted molar refractivity (Wildman–Crippen MR) is 60.0 cm³/mol. The second-order valence-corrected chi connectivity index (χ2v) is 4.53. The number of rotatable bonds is 2. The van der Waals surface area contributed by atoms with Crippen LogP contribution in [0.25, 0.3) is 0 Å². The topological polar surface area (TPSA) is 106 Å². The summed E-state index contributed by atoms with van der Waals surface area (Å²) in [7, 11) is 0.